The number of hydrogen-bond acceptors (Lipinski definition) is 3. The van der Waals surface area contributed by atoms with Crippen molar-refractivity contribution in [2.75, 3.05) is 6.54 Å². The minimum atomic E-state index is -0.848. The van der Waals surface area contributed by atoms with Gasteiger partial charge in [-0.3, -0.25) is 9.59 Å². The molecule has 0 heterocycles. The van der Waals surface area contributed by atoms with Crippen LogP contribution in [0.5, 0.6) is 0 Å². The minimum Gasteiger partial charge on any atom is -0.481 e. The lowest BCUT2D eigenvalue weighted by Gasteiger charge is -2.11. The Balaban J connectivity index is 3.64. The Kier molecular flexibility index (Phi) is 5.87. The number of carbonyl (C=O) groups is 2. The molecule has 5 heteroatoms. The molecule has 2 atom stereocenters. The van der Waals surface area contributed by atoms with Crippen molar-refractivity contribution in [1.29, 1.82) is 0 Å². The van der Waals surface area contributed by atoms with Gasteiger partial charge in [0, 0.05) is 6.54 Å². The number of carboxylic acids is 1. The standard InChI is InChI=1S/C9H18N2O3/c1-3-7(10)8(12)11-5-4-6(2)9(13)14/h6-7H,3-5,10H2,1-2H3,(H,11,12)(H,13,14)/t6?,7-/m0/s1. The van der Waals surface area contributed by atoms with Gasteiger partial charge in [-0.15, -0.1) is 0 Å². The molecule has 5 nitrogen and oxygen atoms in total. The lowest BCUT2D eigenvalue weighted by Crippen LogP contribution is -2.40. The molecule has 0 saturated heterocycles. The molecule has 0 bridgehead atoms. The maximum Gasteiger partial charge on any atom is 0.306 e. The molecule has 0 aliphatic heterocycles. The van der Waals surface area contributed by atoms with Crippen LogP contribution in [0, 0.1) is 5.92 Å². The molecule has 0 rings (SSSR count). The first-order valence-electron chi connectivity index (χ1n) is 4.75. The van der Waals surface area contributed by atoms with Gasteiger partial charge in [0.05, 0.1) is 12.0 Å². The van der Waals surface area contributed by atoms with Crippen LogP contribution in [0.25, 0.3) is 0 Å². The van der Waals surface area contributed by atoms with Crippen molar-refractivity contribution in [1.82, 2.24) is 5.32 Å². The molecule has 0 saturated carbocycles. The smallest absolute Gasteiger partial charge is 0.306 e. The molecule has 0 fully saturated rings. The summed E-state index contributed by atoms with van der Waals surface area (Å²) < 4.78 is 0. The lowest BCUT2D eigenvalue weighted by atomic mass is 10.1. The van der Waals surface area contributed by atoms with Crippen LogP contribution in [0.2, 0.25) is 0 Å². The number of hydrogen-bond donors (Lipinski definition) is 3. The zero-order valence-corrected chi connectivity index (χ0v) is 8.62. The maximum atomic E-state index is 11.1. The molecular weight excluding hydrogens is 184 g/mol. The van der Waals surface area contributed by atoms with Gasteiger partial charge in [-0.25, -0.2) is 0 Å². The largest absolute Gasteiger partial charge is 0.481 e. The second-order valence-electron chi connectivity index (χ2n) is 3.33. The van der Waals surface area contributed by atoms with E-state index in [4.69, 9.17) is 10.8 Å². The van der Waals surface area contributed by atoms with Crippen LogP contribution in [-0.2, 0) is 9.59 Å². The fourth-order valence-corrected chi connectivity index (χ4v) is 0.852. The fraction of sp³-hybridized carbons (Fsp3) is 0.778. The van der Waals surface area contributed by atoms with E-state index in [0.29, 0.717) is 19.4 Å². The Hall–Kier alpha value is -1.10. The van der Waals surface area contributed by atoms with E-state index >= 15 is 0 Å². The summed E-state index contributed by atoms with van der Waals surface area (Å²) in [6.45, 7) is 3.79. The highest BCUT2D eigenvalue weighted by atomic mass is 16.4. The highest BCUT2D eigenvalue weighted by molar-refractivity contribution is 5.81. The molecule has 1 amide bonds. The molecule has 0 aromatic heterocycles. The van der Waals surface area contributed by atoms with Crippen LogP contribution in [0.3, 0.4) is 0 Å². The van der Waals surface area contributed by atoms with Gasteiger partial charge in [-0.1, -0.05) is 13.8 Å². The minimum absolute atomic E-state index is 0.218. The molecule has 0 spiro atoms. The third-order valence-corrected chi connectivity index (χ3v) is 2.07. The second-order valence-corrected chi connectivity index (χ2v) is 3.33. The van der Waals surface area contributed by atoms with E-state index in [1.165, 1.54) is 0 Å². The summed E-state index contributed by atoms with van der Waals surface area (Å²) in [6, 6.07) is -0.491. The maximum absolute atomic E-state index is 11.1. The van der Waals surface area contributed by atoms with E-state index < -0.39 is 17.9 Å². The molecule has 82 valence electrons. The topological polar surface area (TPSA) is 92.4 Å². The second kappa shape index (κ2) is 6.37. The van der Waals surface area contributed by atoms with Crippen molar-refractivity contribution in [3.05, 3.63) is 0 Å². The number of rotatable bonds is 6. The van der Waals surface area contributed by atoms with Gasteiger partial charge in [0.2, 0.25) is 5.91 Å². The fourth-order valence-electron chi connectivity index (χ4n) is 0.852. The highest BCUT2D eigenvalue weighted by Crippen LogP contribution is 1.99. The van der Waals surface area contributed by atoms with Gasteiger partial charge >= 0.3 is 5.97 Å². The van der Waals surface area contributed by atoms with Gasteiger partial charge < -0.3 is 16.2 Å². The summed E-state index contributed by atoms with van der Waals surface area (Å²) in [5.41, 5.74) is 5.46. The SMILES string of the molecule is CC[C@H](N)C(=O)NCCC(C)C(=O)O. The van der Waals surface area contributed by atoms with E-state index in [2.05, 4.69) is 5.32 Å². The summed E-state index contributed by atoms with van der Waals surface area (Å²) in [4.78, 5) is 21.6. The van der Waals surface area contributed by atoms with Crippen LogP contribution < -0.4 is 11.1 Å². The van der Waals surface area contributed by atoms with Gasteiger partial charge in [-0.05, 0) is 12.8 Å². The van der Waals surface area contributed by atoms with Gasteiger partial charge in [-0.2, -0.15) is 0 Å². The van der Waals surface area contributed by atoms with Crippen LogP contribution in [0.1, 0.15) is 26.7 Å². The van der Waals surface area contributed by atoms with E-state index in [1.54, 1.807) is 6.92 Å². The number of aliphatic carboxylic acids is 1. The van der Waals surface area contributed by atoms with Gasteiger partial charge in [0.25, 0.3) is 0 Å². The molecule has 1 unspecified atom stereocenters. The van der Waals surface area contributed by atoms with Crippen molar-refractivity contribution in [3.63, 3.8) is 0 Å². The van der Waals surface area contributed by atoms with Crippen LogP contribution in [-0.4, -0.2) is 29.6 Å². The van der Waals surface area contributed by atoms with Crippen LogP contribution in [0.15, 0.2) is 0 Å². The summed E-state index contributed by atoms with van der Waals surface area (Å²) >= 11 is 0. The summed E-state index contributed by atoms with van der Waals surface area (Å²) in [7, 11) is 0. The van der Waals surface area contributed by atoms with Crippen LogP contribution in [0.4, 0.5) is 0 Å². The number of carbonyl (C=O) groups excluding carboxylic acids is 1. The van der Waals surface area contributed by atoms with Crippen molar-refractivity contribution < 1.29 is 14.7 Å². The normalized spacial score (nSPS) is 14.5. The van der Waals surface area contributed by atoms with Gasteiger partial charge in [0.1, 0.15) is 0 Å². The number of amides is 1. The average molecular weight is 202 g/mol. The van der Waals surface area contributed by atoms with E-state index in [0.717, 1.165) is 0 Å². The summed E-state index contributed by atoms with van der Waals surface area (Å²) in [5, 5.41) is 11.2. The molecule has 0 aromatic carbocycles. The monoisotopic (exact) mass is 202 g/mol. The lowest BCUT2D eigenvalue weighted by molar-refractivity contribution is -0.141. The van der Waals surface area contributed by atoms with Crippen molar-refractivity contribution >= 4 is 11.9 Å². The highest BCUT2D eigenvalue weighted by Gasteiger charge is 2.13. The zero-order chi connectivity index (χ0) is 11.1. The molecular formula is C9H18N2O3. The molecule has 0 aliphatic carbocycles. The number of nitrogens with one attached hydrogen (secondary N) is 1. The summed E-state index contributed by atoms with van der Waals surface area (Å²) in [6.07, 6.45) is 1.01. The molecule has 14 heavy (non-hydrogen) atoms. The predicted molar refractivity (Wildman–Crippen MR) is 52.7 cm³/mol. The van der Waals surface area contributed by atoms with Crippen molar-refractivity contribution in [3.8, 4) is 0 Å². The Morgan fingerprint density at radius 1 is 1.50 bits per heavy atom. The predicted octanol–water partition coefficient (Wildman–Crippen LogP) is -0.0493. The van der Waals surface area contributed by atoms with Crippen LogP contribution >= 0.6 is 0 Å². The first-order valence-corrected chi connectivity index (χ1v) is 4.75. The Morgan fingerprint density at radius 2 is 2.07 bits per heavy atom. The first-order chi connectivity index (χ1) is 6.49. The Labute approximate surface area is 83.7 Å². The first kappa shape index (κ1) is 12.9. The Bertz CT molecular complexity index is 206. The van der Waals surface area contributed by atoms with Crippen molar-refractivity contribution in [2.45, 2.75) is 32.7 Å². The molecule has 0 aromatic rings. The number of nitrogens with two attached hydrogens (primary N) is 1. The zero-order valence-electron chi connectivity index (χ0n) is 8.62. The van der Waals surface area contributed by atoms with E-state index in [-0.39, 0.29) is 5.91 Å². The Morgan fingerprint density at radius 3 is 2.50 bits per heavy atom. The molecule has 0 aliphatic rings. The average Bonchev–Trinajstić information content (AvgIpc) is 2.15. The van der Waals surface area contributed by atoms with Crippen molar-refractivity contribution in [2.24, 2.45) is 11.7 Å². The van der Waals surface area contributed by atoms with E-state index in [1.807, 2.05) is 6.92 Å². The quantitative estimate of drug-likeness (QED) is 0.563. The third kappa shape index (κ3) is 4.81. The summed E-state index contributed by atoms with van der Waals surface area (Å²) in [5.74, 6) is -1.50. The molecule has 4 N–H and O–H groups in total. The van der Waals surface area contributed by atoms with Gasteiger partial charge in [0.15, 0.2) is 0 Å². The van der Waals surface area contributed by atoms with E-state index in [9.17, 15) is 9.59 Å². The molecule has 0 radical (unpaired) electrons. The third-order valence-electron chi connectivity index (χ3n) is 2.07. The number of carboxylic acid groups (broad SMARTS) is 1.